The number of azide groups is 2. The van der Waals surface area contributed by atoms with Crippen LogP contribution >= 0.6 is 0 Å². The number of methoxy groups -OCH3 is 1. The van der Waals surface area contributed by atoms with Crippen molar-refractivity contribution in [1.29, 1.82) is 0 Å². The molecule has 4 aliphatic rings. The molecule has 8 unspecified atom stereocenters. The monoisotopic (exact) mass is 1290 g/mol. The van der Waals surface area contributed by atoms with Crippen molar-refractivity contribution in [1.82, 2.24) is 0 Å². The first-order chi connectivity index (χ1) is 45.1. The number of ether oxygens (including phenoxy) is 15. The van der Waals surface area contributed by atoms with Gasteiger partial charge in [-0.2, -0.15) is 0 Å². The van der Waals surface area contributed by atoms with Crippen LogP contribution < -0.4 is 9.47 Å². The van der Waals surface area contributed by atoms with Gasteiger partial charge in [-0.25, -0.2) is 9.59 Å². The molecule has 26 heteroatoms. The molecule has 1 N–H and O–H groups in total. The third-order valence-corrected chi connectivity index (χ3v) is 16.6. The Morgan fingerprint density at radius 1 is 0.484 bits per heavy atom. The first-order valence-corrected chi connectivity index (χ1v) is 30.9. The van der Waals surface area contributed by atoms with E-state index in [0.29, 0.717) is 17.1 Å². The number of carbonyl (C=O) groups excluding carboxylic acids is 4. The Bertz CT molecular complexity index is 3300. The van der Waals surface area contributed by atoms with E-state index in [9.17, 15) is 35.3 Å². The SMILES string of the molecule is CCC1O[C@@H](O[C@@H]2C(COC(C)=O)O[C@@H](O[C@H]3C(CC)O[C@@H](Oc4ccc(OC)cc4)C(OC(=O)c4ccccc4)[C@@H]3OCc3ccccc3)C(N=[N+]=[N-])[C@H]2C)C(OC(=O)c2ccccc2)[C@H](OCc2ccccc2)[C@H]1O[C@@H]1OC(COC(C)=O)[C@@H](O)[C@H](C)C1N=[N+]=[N-]. The van der Waals surface area contributed by atoms with Gasteiger partial charge in [-0.3, -0.25) is 9.59 Å². The van der Waals surface area contributed by atoms with Crippen LogP contribution in [0.2, 0.25) is 0 Å². The van der Waals surface area contributed by atoms with E-state index in [1.54, 1.807) is 106 Å². The van der Waals surface area contributed by atoms with Crippen molar-refractivity contribution in [3.63, 3.8) is 0 Å². The standard InChI is InChI=1S/C67H78N6O20/c1-8-48-56(58(82-34-42-22-14-10-15-23-42)60(89-62(77)44-26-18-12-19-27-44)66(85-48)84-47-32-30-46(79-7)31-33-47)93-65-53(71-73-69)39(4)55(51(88-65)37-81-41(6)75)91-67-61(90-63(78)45-28-20-13-21-29-45)59(83-35-43-24-16-11-17-25-43)57(49(9-2)86-67)92-64-52(70-72-68)38(3)54(76)50(87-64)36-80-40(5)74/h10-33,38-39,48-61,64-67,76H,8-9,34-37H2,1-7H3/t38-,39-,48?,49?,50?,51?,52?,53?,54+,55+,56+,57+,58-,59-,60?,61?,64+,65+,66-,67+/m1/s1. The van der Waals surface area contributed by atoms with Gasteiger partial charge in [-0.15, -0.1) is 0 Å². The maximum atomic E-state index is 14.6. The van der Waals surface area contributed by atoms with E-state index in [0.717, 1.165) is 5.56 Å². The van der Waals surface area contributed by atoms with Gasteiger partial charge in [0.2, 0.25) is 6.29 Å². The van der Waals surface area contributed by atoms with Crippen LogP contribution in [0.4, 0.5) is 0 Å². The Kier molecular flexibility index (Phi) is 25.0. The van der Waals surface area contributed by atoms with Gasteiger partial charge in [0.15, 0.2) is 31.1 Å². The van der Waals surface area contributed by atoms with Gasteiger partial charge >= 0.3 is 23.9 Å². The van der Waals surface area contributed by atoms with Crippen molar-refractivity contribution < 1.29 is 95.3 Å². The van der Waals surface area contributed by atoms with Gasteiger partial charge in [0.25, 0.3) is 0 Å². The number of benzene rings is 5. The van der Waals surface area contributed by atoms with Crippen molar-refractivity contribution in [2.45, 2.75) is 178 Å². The molecule has 0 spiro atoms. The first-order valence-electron chi connectivity index (χ1n) is 30.9. The fourth-order valence-corrected chi connectivity index (χ4v) is 11.7. The van der Waals surface area contributed by atoms with E-state index in [-0.39, 0.29) is 43.8 Å². The van der Waals surface area contributed by atoms with Crippen molar-refractivity contribution in [3.05, 3.63) is 189 Å². The molecule has 0 saturated carbocycles. The van der Waals surface area contributed by atoms with Crippen molar-refractivity contribution in [2.75, 3.05) is 20.3 Å². The number of carbonyl (C=O) groups is 4. The Labute approximate surface area is 538 Å². The summed E-state index contributed by atoms with van der Waals surface area (Å²) in [4.78, 5) is 60.1. The summed E-state index contributed by atoms with van der Waals surface area (Å²) < 4.78 is 97.4. The molecule has 496 valence electrons. The second-order valence-corrected chi connectivity index (χ2v) is 22.8. The molecule has 20 atom stereocenters. The maximum Gasteiger partial charge on any atom is 0.338 e. The Hall–Kier alpha value is -8.20. The molecule has 4 fully saturated rings. The summed E-state index contributed by atoms with van der Waals surface area (Å²) in [6, 6.07) is 39.3. The van der Waals surface area contributed by atoms with E-state index >= 15 is 0 Å². The minimum atomic E-state index is -1.59. The lowest BCUT2D eigenvalue weighted by Crippen LogP contribution is -2.66. The predicted molar refractivity (Wildman–Crippen MR) is 328 cm³/mol. The summed E-state index contributed by atoms with van der Waals surface area (Å²) in [5, 5.41) is 19.7. The zero-order valence-electron chi connectivity index (χ0n) is 52.5. The summed E-state index contributed by atoms with van der Waals surface area (Å²) in [7, 11) is 1.54. The molecular formula is C67H78N6O20. The van der Waals surface area contributed by atoms with Crippen LogP contribution in [-0.4, -0.2) is 160 Å². The Balaban J connectivity index is 1.09. The zero-order valence-corrected chi connectivity index (χ0v) is 52.5. The van der Waals surface area contributed by atoms with Crippen LogP contribution in [0.25, 0.3) is 20.9 Å². The van der Waals surface area contributed by atoms with Crippen LogP contribution in [-0.2, 0) is 84.4 Å². The molecule has 0 aliphatic carbocycles. The highest BCUT2D eigenvalue weighted by atomic mass is 16.8. The lowest BCUT2D eigenvalue weighted by atomic mass is 9.88. The number of nitrogens with zero attached hydrogens (tertiary/aromatic N) is 6. The first kappa shape index (κ1) is 69.1. The largest absolute Gasteiger partial charge is 0.497 e. The zero-order chi connectivity index (χ0) is 66.0. The minimum Gasteiger partial charge on any atom is -0.497 e. The molecule has 0 aromatic heterocycles. The van der Waals surface area contributed by atoms with Gasteiger partial charge in [0.1, 0.15) is 61.3 Å². The fourth-order valence-electron chi connectivity index (χ4n) is 11.7. The molecule has 4 saturated heterocycles. The molecule has 4 aliphatic heterocycles. The van der Waals surface area contributed by atoms with Crippen molar-refractivity contribution in [3.8, 4) is 11.5 Å². The number of aliphatic hydroxyl groups is 1. The van der Waals surface area contributed by atoms with Crippen molar-refractivity contribution in [2.24, 2.45) is 22.1 Å². The summed E-state index contributed by atoms with van der Waals surface area (Å²) in [6.45, 7) is 8.49. The normalized spacial score (nSPS) is 30.8. The lowest BCUT2D eigenvalue weighted by molar-refractivity contribution is -0.370. The number of rotatable bonds is 27. The second kappa shape index (κ2) is 33.6. The third kappa shape index (κ3) is 17.7. The number of esters is 4. The predicted octanol–water partition coefficient (Wildman–Crippen LogP) is 9.69. The summed E-state index contributed by atoms with van der Waals surface area (Å²) in [6.07, 6.45) is -20.1. The molecule has 4 heterocycles. The maximum absolute atomic E-state index is 14.6. The third-order valence-electron chi connectivity index (χ3n) is 16.6. The minimum absolute atomic E-state index is 0.0117. The summed E-state index contributed by atoms with van der Waals surface area (Å²) in [5.74, 6) is -3.70. The smallest absolute Gasteiger partial charge is 0.338 e. The highest BCUT2D eigenvalue weighted by molar-refractivity contribution is 5.90. The molecule has 5 aromatic rings. The average Bonchev–Trinajstić information content (AvgIpc) is 0.775. The van der Waals surface area contributed by atoms with Crippen molar-refractivity contribution >= 4 is 23.9 Å². The van der Waals surface area contributed by atoms with Crippen LogP contribution in [0.15, 0.2) is 156 Å². The van der Waals surface area contributed by atoms with Crippen LogP contribution in [0.5, 0.6) is 11.5 Å². The molecule has 9 rings (SSSR count). The van der Waals surface area contributed by atoms with Crippen LogP contribution in [0, 0.1) is 11.8 Å². The fraction of sp³-hybridized carbons (Fsp3) is 0.493. The number of aliphatic hydroxyl groups excluding tert-OH is 1. The molecule has 0 bridgehead atoms. The van der Waals surface area contributed by atoms with Crippen LogP contribution in [0.3, 0.4) is 0 Å². The topological polar surface area (TPSA) is 324 Å². The number of hydrogen-bond donors (Lipinski definition) is 1. The van der Waals surface area contributed by atoms with E-state index in [4.69, 9.17) is 71.1 Å². The second-order valence-electron chi connectivity index (χ2n) is 22.8. The Morgan fingerprint density at radius 2 is 0.882 bits per heavy atom. The van der Waals surface area contributed by atoms with Gasteiger partial charge in [-0.05, 0) is 95.4 Å². The van der Waals surface area contributed by atoms with E-state index < -0.39 is 153 Å². The van der Waals surface area contributed by atoms with E-state index in [1.807, 2.05) is 67.6 Å². The molecule has 0 amide bonds. The van der Waals surface area contributed by atoms with Gasteiger partial charge in [0.05, 0.1) is 68.0 Å². The van der Waals surface area contributed by atoms with Crippen LogP contribution in [0.1, 0.15) is 86.2 Å². The summed E-state index contributed by atoms with van der Waals surface area (Å²) >= 11 is 0. The molecule has 93 heavy (non-hydrogen) atoms. The van der Waals surface area contributed by atoms with Gasteiger partial charge < -0.3 is 76.2 Å². The molecule has 26 nitrogen and oxygen atoms in total. The van der Waals surface area contributed by atoms with Gasteiger partial charge in [-0.1, -0.05) is 135 Å². The summed E-state index contributed by atoms with van der Waals surface area (Å²) in [5.41, 5.74) is 22.2. The quantitative estimate of drug-likeness (QED) is 0.0168. The lowest BCUT2D eigenvalue weighted by Gasteiger charge is -2.51. The molecule has 0 radical (unpaired) electrons. The highest BCUT2D eigenvalue weighted by Crippen LogP contribution is 2.42. The molecular weight excluding hydrogens is 1210 g/mol. The molecule has 5 aromatic carbocycles. The van der Waals surface area contributed by atoms with Gasteiger partial charge in [0, 0.05) is 23.7 Å². The Morgan fingerprint density at radius 3 is 1.33 bits per heavy atom. The van der Waals surface area contributed by atoms with E-state index in [1.165, 1.54) is 21.0 Å². The average molecular weight is 1290 g/mol. The van der Waals surface area contributed by atoms with E-state index in [2.05, 4.69) is 20.1 Å². The highest BCUT2D eigenvalue weighted by Gasteiger charge is 2.58. The number of hydrogen-bond acceptors (Lipinski definition) is 22.